The van der Waals surface area contributed by atoms with Crippen LogP contribution in [0.2, 0.25) is 0 Å². The van der Waals surface area contributed by atoms with E-state index in [9.17, 15) is 18.0 Å². The van der Waals surface area contributed by atoms with E-state index in [-0.39, 0.29) is 5.91 Å². The van der Waals surface area contributed by atoms with Crippen LogP contribution in [0, 0.1) is 3.57 Å². The van der Waals surface area contributed by atoms with Crippen molar-refractivity contribution in [3.8, 4) is 0 Å². The molecule has 1 aromatic carbocycles. The van der Waals surface area contributed by atoms with Gasteiger partial charge in [0.1, 0.15) is 5.69 Å². The first kappa shape index (κ1) is 19.2. The van der Waals surface area contributed by atoms with Crippen LogP contribution in [0.5, 0.6) is 0 Å². The summed E-state index contributed by atoms with van der Waals surface area (Å²) in [6.45, 7) is 2.76. The molecule has 1 aliphatic rings. The predicted molar refractivity (Wildman–Crippen MR) is 98.5 cm³/mol. The Labute approximate surface area is 162 Å². The monoisotopic (exact) mass is 478 g/mol. The van der Waals surface area contributed by atoms with E-state index in [2.05, 4.69) is 32.6 Å². The highest BCUT2D eigenvalue weighted by molar-refractivity contribution is 14.1. The topological polar surface area (TPSA) is 41.4 Å². The molecule has 26 heavy (non-hydrogen) atoms. The summed E-state index contributed by atoms with van der Waals surface area (Å²) >= 11 is 2.09. The number of carbonyl (C=O) groups excluding carboxylic acids is 1. The van der Waals surface area contributed by atoms with Gasteiger partial charge in [-0.15, -0.1) is 0 Å². The Balaban J connectivity index is 1.60. The Hall–Kier alpha value is -1.62. The number of piperazine rings is 1. The maximum absolute atomic E-state index is 12.8. The third-order valence-corrected chi connectivity index (χ3v) is 5.21. The number of halogens is 4. The summed E-state index contributed by atoms with van der Waals surface area (Å²) < 4.78 is 40.8. The predicted octanol–water partition coefficient (Wildman–Crippen LogP) is 3.00. The smallest absolute Gasteiger partial charge is 0.335 e. The van der Waals surface area contributed by atoms with Crippen LogP contribution in [0.1, 0.15) is 21.6 Å². The van der Waals surface area contributed by atoms with E-state index in [4.69, 9.17) is 0 Å². The molecule has 0 radical (unpaired) electrons. The van der Waals surface area contributed by atoms with Crippen LogP contribution in [0.25, 0.3) is 0 Å². The summed E-state index contributed by atoms with van der Waals surface area (Å²) in [4.78, 5) is 16.5. The van der Waals surface area contributed by atoms with Crippen LogP contribution in [0.3, 0.4) is 0 Å². The van der Waals surface area contributed by atoms with Crippen molar-refractivity contribution in [1.29, 1.82) is 0 Å². The highest BCUT2D eigenvalue weighted by Crippen LogP contribution is 2.29. The fraction of sp³-hybridized carbons (Fsp3) is 0.412. The fourth-order valence-corrected chi connectivity index (χ4v) is 3.72. The zero-order chi connectivity index (χ0) is 18.9. The van der Waals surface area contributed by atoms with Crippen molar-refractivity contribution in [2.45, 2.75) is 12.7 Å². The minimum atomic E-state index is -4.33. The lowest BCUT2D eigenvalue weighted by Gasteiger charge is -2.34. The van der Waals surface area contributed by atoms with E-state index in [0.717, 1.165) is 9.64 Å². The molecule has 0 spiro atoms. The molecule has 1 aliphatic heterocycles. The van der Waals surface area contributed by atoms with Crippen LogP contribution < -0.4 is 0 Å². The van der Waals surface area contributed by atoms with Crippen LogP contribution in [0.15, 0.2) is 30.5 Å². The summed E-state index contributed by atoms with van der Waals surface area (Å²) in [5.41, 5.74) is 0.562. The summed E-state index contributed by atoms with van der Waals surface area (Å²) in [5.74, 6) is -0.0619. The number of benzene rings is 1. The van der Waals surface area contributed by atoms with Gasteiger partial charge in [-0.2, -0.15) is 18.3 Å². The lowest BCUT2D eigenvalue weighted by Crippen LogP contribution is -2.48. The summed E-state index contributed by atoms with van der Waals surface area (Å²) in [7, 11) is 1.74. The molecule has 0 aliphatic carbocycles. The number of hydrogen-bond donors (Lipinski definition) is 0. The molecule has 0 N–H and O–H groups in total. The normalized spacial score (nSPS) is 16.1. The van der Waals surface area contributed by atoms with Gasteiger partial charge in [-0.25, -0.2) is 0 Å². The Kier molecular flexibility index (Phi) is 5.56. The molecule has 9 heteroatoms. The van der Waals surface area contributed by atoms with Crippen LogP contribution in [0.4, 0.5) is 13.2 Å². The second-order valence-electron chi connectivity index (χ2n) is 6.23. The van der Waals surface area contributed by atoms with E-state index in [0.29, 0.717) is 44.0 Å². The van der Waals surface area contributed by atoms with Crippen molar-refractivity contribution in [3.63, 3.8) is 0 Å². The van der Waals surface area contributed by atoms with Gasteiger partial charge in [0, 0.05) is 39.8 Å². The molecule has 140 valence electrons. The van der Waals surface area contributed by atoms with Gasteiger partial charge in [0.2, 0.25) is 0 Å². The average molecular weight is 478 g/mol. The zero-order valence-electron chi connectivity index (χ0n) is 14.1. The molecule has 3 rings (SSSR count). The molecule has 2 heterocycles. The molecule has 1 saturated heterocycles. The minimum Gasteiger partial charge on any atom is -0.335 e. The van der Waals surface area contributed by atoms with Crippen molar-refractivity contribution in [2.75, 3.05) is 26.2 Å². The number of amides is 1. The second kappa shape index (κ2) is 7.55. The molecule has 1 amide bonds. The first-order valence-electron chi connectivity index (χ1n) is 8.11. The lowest BCUT2D eigenvalue weighted by molar-refractivity contribution is -0.137. The third-order valence-electron chi connectivity index (χ3n) is 4.42. The summed E-state index contributed by atoms with van der Waals surface area (Å²) in [5, 5.41) is 4.09. The Morgan fingerprint density at radius 1 is 1.23 bits per heavy atom. The first-order valence-corrected chi connectivity index (χ1v) is 9.19. The van der Waals surface area contributed by atoms with E-state index < -0.39 is 11.7 Å². The van der Waals surface area contributed by atoms with Crippen molar-refractivity contribution >= 4 is 28.5 Å². The van der Waals surface area contributed by atoms with Crippen molar-refractivity contribution in [3.05, 3.63) is 50.9 Å². The quantitative estimate of drug-likeness (QED) is 0.638. The van der Waals surface area contributed by atoms with Gasteiger partial charge in [-0.1, -0.05) is 18.2 Å². The van der Waals surface area contributed by atoms with E-state index >= 15 is 0 Å². The van der Waals surface area contributed by atoms with Gasteiger partial charge < -0.3 is 4.90 Å². The van der Waals surface area contributed by atoms with Gasteiger partial charge in [0.15, 0.2) is 0 Å². The molecule has 1 fully saturated rings. The first-order chi connectivity index (χ1) is 12.3. The number of aryl methyl sites for hydroxylation is 1. The number of rotatable bonds is 3. The Morgan fingerprint density at radius 2 is 1.92 bits per heavy atom. The van der Waals surface area contributed by atoms with Crippen LogP contribution >= 0.6 is 22.6 Å². The average Bonchev–Trinajstić information content (AvgIpc) is 2.93. The van der Waals surface area contributed by atoms with Gasteiger partial charge in [0.25, 0.3) is 5.91 Å². The highest BCUT2D eigenvalue weighted by atomic mass is 127. The molecular formula is C17H18F3IN4O. The lowest BCUT2D eigenvalue weighted by atomic mass is 10.1. The van der Waals surface area contributed by atoms with E-state index in [1.807, 2.05) is 0 Å². The second-order valence-corrected chi connectivity index (χ2v) is 7.39. The maximum Gasteiger partial charge on any atom is 0.416 e. The minimum absolute atomic E-state index is 0.0619. The van der Waals surface area contributed by atoms with Crippen molar-refractivity contribution < 1.29 is 18.0 Å². The molecule has 0 saturated carbocycles. The molecule has 0 unspecified atom stereocenters. The summed E-state index contributed by atoms with van der Waals surface area (Å²) in [6, 6.07) is 5.40. The van der Waals surface area contributed by atoms with E-state index in [1.165, 1.54) is 12.1 Å². The number of aromatic nitrogens is 2. The van der Waals surface area contributed by atoms with Crippen LogP contribution in [-0.4, -0.2) is 51.7 Å². The zero-order valence-corrected chi connectivity index (χ0v) is 16.3. The number of hydrogen-bond acceptors (Lipinski definition) is 3. The molecule has 1 aromatic heterocycles. The number of alkyl halides is 3. The Bertz CT molecular complexity index is 778. The van der Waals surface area contributed by atoms with Gasteiger partial charge in [-0.05, 0) is 34.2 Å². The van der Waals surface area contributed by atoms with Crippen molar-refractivity contribution in [1.82, 2.24) is 19.6 Å². The third kappa shape index (κ3) is 4.20. The van der Waals surface area contributed by atoms with Gasteiger partial charge in [0.05, 0.1) is 15.3 Å². The molecule has 2 aromatic rings. The summed E-state index contributed by atoms with van der Waals surface area (Å²) in [6.07, 6.45) is -2.68. The number of nitrogens with zero attached hydrogens (tertiary/aromatic N) is 4. The molecule has 0 atom stereocenters. The molecule has 5 nitrogen and oxygen atoms in total. The highest BCUT2D eigenvalue weighted by Gasteiger charge is 2.31. The molecule has 0 bridgehead atoms. The Morgan fingerprint density at radius 3 is 2.50 bits per heavy atom. The molecular weight excluding hydrogens is 460 g/mol. The van der Waals surface area contributed by atoms with Crippen LogP contribution in [-0.2, 0) is 19.8 Å². The SMILES string of the molecule is Cn1ncc(I)c1C(=O)N1CCN(Cc2cccc(C(F)(F)F)c2)CC1. The van der Waals surface area contributed by atoms with Crippen molar-refractivity contribution in [2.24, 2.45) is 7.05 Å². The fourth-order valence-electron chi connectivity index (χ4n) is 3.01. The van der Waals surface area contributed by atoms with Gasteiger partial charge >= 0.3 is 6.18 Å². The largest absolute Gasteiger partial charge is 0.416 e. The number of carbonyl (C=O) groups is 1. The van der Waals surface area contributed by atoms with Gasteiger partial charge in [-0.3, -0.25) is 14.4 Å². The van der Waals surface area contributed by atoms with E-state index in [1.54, 1.807) is 28.9 Å². The standard InChI is InChI=1S/C17H18F3IN4O/c1-23-15(14(21)10-22-23)16(26)25-7-5-24(6-8-25)11-12-3-2-4-13(9-12)17(18,19)20/h2-4,9-10H,5-8,11H2,1H3. The maximum atomic E-state index is 12.8.